The molecule has 0 spiro atoms. The third-order valence-electron chi connectivity index (χ3n) is 2.86. The Balaban J connectivity index is 2.92. The topological polar surface area (TPSA) is 35.8 Å². The van der Waals surface area contributed by atoms with Crippen LogP contribution < -0.4 is 0 Å². The zero-order chi connectivity index (χ0) is 12.3. The predicted molar refractivity (Wildman–Crippen MR) is 71.8 cm³/mol. The van der Waals surface area contributed by atoms with Crippen molar-refractivity contribution >= 4 is 18.2 Å². The molecule has 3 unspecified atom stereocenters. The monoisotopic (exact) mass is 244 g/mol. The fourth-order valence-corrected chi connectivity index (χ4v) is 3.27. The number of hydrogen-bond acceptors (Lipinski definition) is 4. The Morgan fingerprint density at radius 2 is 2.06 bits per heavy atom. The molecule has 4 heteroatoms. The van der Waals surface area contributed by atoms with E-state index in [0.717, 1.165) is 12.8 Å². The van der Waals surface area contributed by atoms with Gasteiger partial charge < -0.3 is 5.11 Å². The predicted octanol–water partition coefficient (Wildman–Crippen LogP) is 2.70. The van der Waals surface area contributed by atoms with Crippen LogP contribution >= 0.6 is 11.9 Å². The van der Waals surface area contributed by atoms with E-state index in [1.807, 2.05) is 6.92 Å². The van der Waals surface area contributed by atoms with Crippen molar-refractivity contribution in [1.29, 1.82) is 0 Å². The van der Waals surface area contributed by atoms with Crippen LogP contribution in [0.15, 0.2) is 4.99 Å². The Morgan fingerprint density at radius 3 is 2.50 bits per heavy atom. The maximum atomic E-state index is 10.4. The quantitative estimate of drug-likeness (QED) is 0.772. The minimum Gasteiger partial charge on any atom is -0.370 e. The van der Waals surface area contributed by atoms with Gasteiger partial charge in [-0.2, -0.15) is 0 Å². The molecule has 1 heterocycles. The zero-order valence-corrected chi connectivity index (χ0v) is 11.8. The lowest BCUT2D eigenvalue weighted by Gasteiger charge is -2.45. The summed E-state index contributed by atoms with van der Waals surface area (Å²) in [5.74, 6) is 0. The molecule has 3 nitrogen and oxygen atoms in total. The summed E-state index contributed by atoms with van der Waals surface area (Å²) >= 11 is 1.73. The lowest BCUT2D eigenvalue weighted by atomic mass is 9.99. The second-order valence-electron chi connectivity index (χ2n) is 4.80. The van der Waals surface area contributed by atoms with Crippen LogP contribution in [-0.4, -0.2) is 38.7 Å². The summed E-state index contributed by atoms with van der Waals surface area (Å²) in [7, 11) is 0. The average molecular weight is 244 g/mol. The summed E-state index contributed by atoms with van der Waals surface area (Å²) in [5.41, 5.74) is -0.915. The van der Waals surface area contributed by atoms with E-state index in [1.54, 1.807) is 18.2 Å². The van der Waals surface area contributed by atoms with Gasteiger partial charge in [0.2, 0.25) is 0 Å². The molecule has 0 bridgehead atoms. The minimum absolute atomic E-state index is 0.316. The first kappa shape index (κ1) is 14.0. The van der Waals surface area contributed by atoms with Crippen LogP contribution in [0.25, 0.3) is 0 Å². The molecule has 0 aliphatic carbocycles. The number of rotatable bonds is 4. The summed E-state index contributed by atoms with van der Waals surface area (Å²) in [4.78, 5) is 4.48. The SMILES string of the molecule is CCC1N=CC(C)(O)N(SC(C)C)C1CC. The summed E-state index contributed by atoms with van der Waals surface area (Å²) < 4.78 is 2.12. The molecule has 1 N–H and O–H groups in total. The first-order valence-electron chi connectivity index (χ1n) is 6.15. The highest BCUT2D eigenvalue weighted by Gasteiger charge is 2.40. The lowest BCUT2D eigenvalue weighted by Crippen LogP contribution is -2.56. The van der Waals surface area contributed by atoms with Gasteiger partial charge in [-0.1, -0.05) is 39.6 Å². The van der Waals surface area contributed by atoms with E-state index in [0.29, 0.717) is 17.3 Å². The molecule has 94 valence electrons. The van der Waals surface area contributed by atoms with Crippen LogP contribution in [0.3, 0.4) is 0 Å². The fourth-order valence-electron chi connectivity index (χ4n) is 2.11. The van der Waals surface area contributed by atoms with Gasteiger partial charge in [-0.25, -0.2) is 4.31 Å². The Morgan fingerprint density at radius 1 is 1.44 bits per heavy atom. The highest BCUT2D eigenvalue weighted by atomic mass is 32.2. The molecule has 1 aliphatic rings. The van der Waals surface area contributed by atoms with Gasteiger partial charge in [0.1, 0.15) is 0 Å². The van der Waals surface area contributed by atoms with Crippen molar-refractivity contribution in [2.75, 3.05) is 0 Å². The molecule has 0 aromatic carbocycles. The molecule has 1 aliphatic heterocycles. The minimum atomic E-state index is -0.915. The molecule has 0 fully saturated rings. The highest BCUT2D eigenvalue weighted by Crippen LogP contribution is 2.34. The largest absolute Gasteiger partial charge is 0.370 e. The normalized spacial score (nSPS) is 35.9. The number of hydrogen-bond donors (Lipinski definition) is 1. The zero-order valence-electron chi connectivity index (χ0n) is 11.0. The first-order chi connectivity index (χ1) is 7.42. The average Bonchev–Trinajstić information content (AvgIpc) is 2.20. The van der Waals surface area contributed by atoms with E-state index in [1.165, 1.54) is 0 Å². The highest BCUT2D eigenvalue weighted by molar-refractivity contribution is 7.97. The van der Waals surface area contributed by atoms with Crippen molar-refractivity contribution in [2.45, 2.75) is 70.5 Å². The van der Waals surface area contributed by atoms with Crippen molar-refractivity contribution in [3.63, 3.8) is 0 Å². The lowest BCUT2D eigenvalue weighted by molar-refractivity contribution is -0.00550. The Bertz CT molecular complexity index is 253. The van der Waals surface area contributed by atoms with Crippen LogP contribution in [0, 0.1) is 0 Å². The van der Waals surface area contributed by atoms with E-state index in [2.05, 4.69) is 37.0 Å². The third kappa shape index (κ3) is 2.99. The van der Waals surface area contributed by atoms with Crippen molar-refractivity contribution < 1.29 is 5.11 Å². The number of aliphatic hydroxyl groups is 1. The molecular formula is C12H24N2OS. The maximum Gasteiger partial charge on any atom is 0.160 e. The molecular weight excluding hydrogens is 220 g/mol. The van der Waals surface area contributed by atoms with E-state index >= 15 is 0 Å². The van der Waals surface area contributed by atoms with Crippen molar-refractivity contribution in [2.24, 2.45) is 4.99 Å². The van der Waals surface area contributed by atoms with E-state index < -0.39 is 5.72 Å². The second kappa shape index (κ2) is 5.52. The standard InChI is InChI=1S/C12H24N2OS/c1-6-10-11(7-2)14(16-9(3)4)12(5,15)8-13-10/h8-11,15H,6-7H2,1-5H3. The number of nitrogens with zero attached hydrogens (tertiary/aromatic N) is 2. The van der Waals surface area contributed by atoms with E-state index in [9.17, 15) is 5.11 Å². The number of aliphatic imine (C=N–C) groups is 1. The van der Waals surface area contributed by atoms with Crippen LogP contribution in [-0.2, 0) is 0 Å². The molecule has 0 amide bonds. The van der Waals surface area contributed by atoms with Crippen LogP contribution in [0.1, 0.15) is 47.5 Å². The van der Waals surface area contributed by atoms with Crippen LogP contribution in [0.5, 0.6) is 0 Å². The summed E-state index contributed by atoms with van der Waals surface area (Å²) in [6, 6.07) is 0.647. The molecule has 0 radical (unpaired) electrons. The van der Waals surface area contributed by atoms with Gasteiger partial charge in [0.15, 0.2) is 5.72 Å². The van der Waals surface area contributed by atoms with Gasteiger partial charge in [0, 0.05) is 17.5 Å². The van der Waals surface area contributed by atoms with Gasteiger partial charge in [-0.3, -0.25) is 4.99 Å². The molecule has 0 saturated heterocycles. The van der Waals surface area contributed by atoms with Gasteiger partial charge in [-0.05, 0) is 19.8 Å². The van der Waals surface area contributed by atoms with Gasteiger partial charge in [0.25, 0.3) is 0 Å². The smallest absolute Gasteiger partial charge is 0.160 e. The molecule has 16 heavy (non-hydrogen) atoms. The van der Waals surface area contributed by atoms with Crippen LogP contribution in [0.2, 0.25) is 0 Å². The van der Waals surface area contributed by atoms with E-state index in [4.69, 9.17) is 0 Å². The van der Waals surface area contributed by atoms with Crippen LogP contribution in [0.4, 0.5) is 0 Å². The van der Waals surface area contributed by atoms with Gasteiger partial charge >= 0.3 is 0 Å². The molecule has 1 rings (SSSR count). The molecule has 0 aromatic rings. The molecule has 3 atom stereocenters. The molecule has 0 aromatic heterocycles. The van der Waals surface area contributed by atoms with Crippen molar-refractivity contribution in [3.8, 4) is 0 Å². The second-order valence-corrected chi connectivity index (χ2v) is 6.35. The van der Waals surface area contributed by atoms with Gasteiger partial charge in [-0.15, -0.1) is 0 Å². The molecule has 0 saturated carbocycles. The van der Waals surface area contributed by atoms with Gasteiger partial charge in [0.05, 0.1) is 6.04 Å². The Hall–Kier alpha value is -0.0600. The summed E-state index contributed by atoms with van der Waals surface area (Å²) in [6.07, 6.45) is 3.74. The maximum absolute atomic E-state index is 10.4. The fraction of sp³-hybridized carbons (Fsp3) is 0.917. The summed E-state index contributed by atoms with van der Waals surface area (Å²) in [5, 5.41) is 10.8. The Kier molecular flexibility index (Phi) is 4.83. The van der Waals surface area contributed by atoms with E-state index in [-0.39, 0.29) is 0 Å². The first-order valence-corrected chi connectivity index (χ1v) is 6.98. The van der Waals surface area contributed by atoms with Crippen molar-refractivity contribution in [3.05, 3.63) is 0 Å². The van der Waals surface area contributed by atoms with Crippen molar-refractivity contribution in [1.82, 2.24) is 4.31 Å². The third-order valence-corrected chi connectivity index (χ3v) is 4.15. The summed E-state index contributed by atoms with van der Waals surface area (Å²) in [6.45, 7) is 10.4. The Labute approximate surface area is 103 Å².